The second-order valence-corrected chi connectivity index (χ2v) is 7.96. The summed E-state index contributed by atoms with van der Waals surface area (Å²) in [5.74, 6) is 0.724. The van der Waals surface area contributed by atoms with E-state index in [0.717, 1.165) is 35.7 Å². The number of anilines is 1. The van der Waals surface area contributed by atoms with E-state index < -0.39 is 17.8 Å². The summed E-state index contributed by atoms with van der Waals surface area (Å²) in [6.07, 6.45) is -4.94. The minimum atomic E-state index is -4.34. The number of nitrogens with zero attached hydrogens (tertiary/aromatic N) is 1. The van der Waals surface area contributed by atoms with Crippen LogP contribution < -0.4 is 14.5 Å². The Bertz CT molecular complexity index is 1020. The summed E-state index contributed by atoms with van der Waals surface area (Å²) < 4.78 is 44.6. The quantitative estimate of drug-likeness (QED) is 0.630. The number of rotatable bonds is 6. The van der Waals surface area contributed by atoms with Gasteiger partial charge in [0.25, 0.3) is 0 Å². The molecule has 4 rings (SSSR count). The molecule has 0 aliphatic carbocycles. The van der Waals surface area contributed by atoms with Gasteiger partial charge in [-0.2, -0.15) is 13.2 Å². The summed E-state index contributed by atoms with van der Waals surface area (Å²) >= 11 is 0. The molecule has 0 saturated carbocycles. The van der Waals surface area contributed by atoms with E-state index >= 15 is 0 Å². The Balaban J connectivity index is 1.25. The van der Waals surface area contributed by atoms with Crippen LogP contribution in [0.4, 0.5) is 18.9 Å². The second-order valence-electron chi connectivity index (χ2n) is 7.96. The first-order chi connectivity index (χ1) is 14.9. The smallest absolute Gasteiger partial charge is 0.416 e. The minimum absolute atomic E-state index is 0.208. The Kier molecular flexibility index (Phi) is 6.34. The Morgan fingerprint density at radius 2 is 1.68 bits per heavy atom. The molecule has 0 amide bonds. The summed E-state index contributed by atoms with van der Waals surface area (Å²) in [6, 6.07) is 19.3. The molecule has 0 unspecified atom stereocenters. The number of nitrogens with one attached hydrogen (secondary N) is 1. The van der Waals surface area contributed by atoms with Crippen LogP contribution in [0.3, 0.4) is 0 Å². The van der Waals surface area contributed by atoms with Crippen LogP contribution in [0.2, 0.25) is 0 Å². The van der Waals surface area contributed by atoms with Gasteiger partial charge in [0.15, 0.2) is 0 Å². The van der Waals surface area contributed by atoms with Gasteiger partial charge in [0, 0.05) is 5.69 Å². The van der Waals surface area contributed by atoms with E-state index in [-0.39, 0.29) is 6.61 Å². The van der Waals surface area contributed by atoms with Gasteiger partial charge in [0.1, 0.15) is 25.0 Å². The molecule has 7 heteroatoms. The predicted molar refractivity (Wildman–Crippen MR) is 115 cm³/mol. The molecule has 1 aliphatic heterocycles. The normalized spacial score (nSPS) is 16.5. The molecule has 3 aromatic rings. The van der Waals surface area contributed by atoms with Crippen LogP contribution in [0.5, 0.6) is 5.75 Å². The van der Waals surface area contributed by atoms with Gasteiger partial charge in [-0.05, 0) is 41.1 Å². The number of aliphatic hydroxyl groups excluding tert-OH is 1. The van der Waals surface area contributed by atoms with Gasteiger partial charge in [-0.3, -0.25) is 0 Å². The Morgan fingerprint density at radius 3 is 2.42 bits per heavy atom. The highest BCUT2D eigenvalue weighted by Crippen LogP contribution is 2.31. The van der Waals surface area contributed by atoms with Gasteiger partial charge < -0.3 is 19.6 Å². The molecule has 0 bridgehead atoms. The number of hydrogen-bond donors (Lipinski definition) is 2. The molecular weight excluding hydrogens is 405 g/mol. The van der Waals surface area contributed by atoms with Gasteiger partial charge >= 0.3 is 6.18 Å². The molecule has 31 heavy (non-hydrogen) atoms. The van der Waals surface area contributed by atoms with Crippen molar-refractivity contribution >= 4 is 16.5 Å². The number of quaternary nitrogens is 1. The van der Waals surface area contributed by atoms with Crippen molar-refractivity contribution in [2.45, 2.75) is 12.3 Å². The number of ether oxygens (including phenoxy) is 1. The monoisotopic (exact) mass is 431 g/mol. The van der Waals surface area contributed by atoms with Crippen molar-refractivity contribution in [1.29, 1.82) is 0 Å². The van der Waals surface area contributed by atoms with Gasteiger partial charge in [0.05, 0.1) is 31.7 Å². The first-order valence-corrected chi connectivity index (χ1v) is 10.4. The van der Waals surface area contributed by atoms with Crippen molar-refractivity contribution in [3.05, 3.63) is 72.3 Å². The SMILES string of the molecule is O[C@H](COc1ccc2ccccc2c1)C[NH+]1CCN(c2cccc(C(F)(F)F)c2)CC1. The zero-order valence-corrected chi connectivity index (χ0v) is 17.1. The van der Waals surface area contributed by atoms with Crippen LogP contribution in [-0.4, -0.2) is 50.5 Å². The third-order valence-corrected chi connectivity index (χ3v) is 5.70. The van der Waals surface area contributed by atoms with Crippen LogP contribution in [-0.2, 0) is 6.18 Å². The lowest BCUT2D eigenvalue weighted by molar-refractivity contribution is -0.903. The molecule has 3 aromatic carbocycles. The van der Waals surface area contributed by atoms with E-state index in [1.165, 1.54) is 17.0 Å². The number of piperazine rings is 1. The van der Waals surface area contributed by atoms with Crippen LogP contribution >= 0.6 is 0 Å². The van der Waals surface area contributed by atoms with Crippen molar-refractivity contribution in [3.63, 3.8) is 0 Å². The van der Waals surface area contributed by atoms with Crippen LogP contribution in [0, 0.1) is 0 Å². The molecular formula is C24H26F3N2O2+. The summed E-state index contributed by atoms with van der Waals surface area (Å²) in [6.45, 7) is 3.56. The third-order valence-electron chi connectivity index (χ3n) is 5.70. The lowest BCUT2D eigenvalue weighted by Crippen LogP contribution is -3.16. The van der Waals surface area contributed by atoms with Crippen molar-refractivity contribution < 1.29 is 27.9 Å². The highest BCUT2D eigenvalue weighted by Gasteiger charge is 2.31. The lowest BCUT2D eigenvalue weighted by atomic mass is 10.1. The van der Waals surface area contributed by atoms with Gasteiger partial charge in [-0.1, -0.05) is 36.4 Å². The molecule has 164 valence electrons. The molecule has 0 spiro atoms. The fourth-order valence-corrected chi connectivity index (χ4v) is 4.01. The highest BCUT2D eigenvalue weighted by atomic mass is 19.4. The molecule has 4 nitrogen and oxygen atoms in total. The summed E-state index contributed by atoms with van der Waals surface area (Å²) in [5, 5.41) is 12.6. The maximum Gasteiger partial charge on any atom is 0.416 e. The van der Waals surface area contributed by atoms with E-state index in [9.17, 15) is 18.3 Å². The number of hydrogen-bond acceptors (Lipinski definition) is 3. The van der Waals surface area contributed by atoms with E-state index in [1.54, 1.807) is 6.07 Å². The predicted octanol–water partition coefficient (Wildman–Crippen LogP) is 3.00. The van der Waals surface area contributed by atoms with Crippen LogP contribution in [0.15, 0.2) is 66.7 Å². The van der Waals surface area contributed by atoms with Crippen molar-refractivity contribution in [2.24, 2.45) is 0 Å². The fourth-order valence-electron chi connectivity index (χ4n) is 4.01. The lowest BCUT2D eigenvalue weighted by Gasteiger charge is -2.34. The van der Waals surface area contributed by atoms with Crippen LogP contribution in [0.25, 0.3) is 10.8 Å². The zero-order chi connectivity index (χ0) is 21.8. The van der Waals surface area contributed by atoms with E-state index in [4.69, 9.17) is 4.74 Å². The van der Waals surface area contributed by atoms with Crippen LogP contribution in [0.1, 0.15) is 5.56 Å². The molecule has 1 saturated heterocycles. The zero-order valence-electron chi connectivity index (χ0n) is 17.1. The molecule has 1 aliphatic rings. The van der Waals surface area contributed by atoms with E-state index in [2.05, 4.69) is 0 Å². The Hall–Kier alpha value is -2.77. The highest BCUT2D eigenvalue weighted by molar-refractivity contribution is 5.83. The maximum atomic E-state index is 13.0. The Labute approximate surface area is 179 Å². The van der Waals surface area contributed by atoms with Gasteiger partial charge in [-0.15, -0.1) is 0 Å². The third kappa shape index (κ3) is 5.48. The number of alkyl halides is 3. The molecule has 0 aromatic heterocycles. The molecule has 1 atom stereocenters. The molecule has 1 fully saturated rings. The number of aliphatic hydroxyl groups is 1. The van der Waals surface area contributed by atoms with E-state index in [1.807, 2.05) is 47.4 Å². The van der Waals surface area contributed by atoms with Crippen molar-refractivity contribution in [1.82, 2.24) is 0 Å². The maximum absolute atomic E-state index is 13.0. The number of halogens is 3. The fraction of sp³-hybridized carbons (Fsp3) is 0.333. The summed E-state index contributed by atoms with van der Waals surface area (Å²) in [5.41, 5.74) is -0.0323. The van der Waals surface area contributed by atoms with Crippen molar-refractivity contribution in [2.75, 3.05) is 44.2 Å². The Morgan fingerprint density at radius 1 is 0.935 bits per heavy atom. The molecule has 2 N–H and O–H groups in total. The average Bonchev–Trinajstić information content (AvgIpc) is 2.77. The first kappa shape index (κ1) is 21.5. The number of benzene rings is 3. The van der Waals surface area contributed by atoms with Gasteiger partial charge in [0.2, 0.25) is 0 Å². The van der Waals surface area contributed by atoms with E-state index in [0.29, 0.717) is 25.3 Å². The topological polar surface area (TPSA) is 37.1 Å². The molecule has 0 radical (unpaired) electrons. The minimum Gasteiger partial charge on any atom is -0.491 e. The van der Waals surface area contributed by atoms with Gasteiger partial charge in [-0.25, -0.2) is 0 Å². The second kappa shape index (κ2) is 9.16. The number of fused-ring (bicyclic) bond motifs is 1. The largest absolute Gasteiger partial charge is 0.491 e. The standard InChI is InChI=1S/C24H25F3N2O2/c25-24(26,27)20-6-3-7-21(15-20)29-12-10-28(11-13-29)16-22(30)17-31-23-9-8-18-4-1-2-5-19(18)14-23/h1-9,14-15,22,30H,10-13,16-17H2/p+1/t22-/m0/s1. The first-order valence-electron chi connectivity index (χ1n) is 10.4. The average molecular weight is 431 g/mol. The summed E-state index contributed by atoms with van der Waals surface area (Å²) in [4.78, 5) is 3.19. The van der Waals surface area contributed by atoms with Crippen molar-refractivity contribution in [3.8, 4) is 5.75 Å². The molecule has 1 heterocycles. The summed E-state index contributed by atoms with van der Waals surface area (Å²) in [7, 11) is 0.